The molecule has 0 aliphatic carbocycles. The molecule has 2 N–H and O–H groups in total. The van der Waals surface area contributed by atoms with Gasteiger partial charge in [-0.25, -0.2) is 0 Å². The number of amides is 2. The van der Waals surface area contributed by atoms with E-state index in [1.54, 1.807) is 7.11 Å². The largest absolute Gasteiger partial charge is 0.497 e. The van der Waals surface area contributed by atoms with E-state index in [-0.39, 0.29) is 36.0 Å². The number of nitrogens with zero attached hydrogens (tertiary/aromatic N) is 3. The van der Waals surface area contributed by atoms with Gasteiger partial charge in [0.15, 0.2) is 5.60 Å². The molecule has 4 atom stereocenters. The summed E-state index contributed by atoms with van der Waals surface area (Å²) in [5.41, 5.74) is 2.60. The Labute approximate surface area is 323 Å². The van der Waals surface area contributed by atoms with Crippen LogP contribution in [0.5, 0.6) is 5.75 Å². The number of fused-ring (bicyclic) bond motifs is 2. The highest BCUT2D eigenvalue weighted by molar-refractivity contribution is 6.91. The number of hydrogen-bond acceptors (Lipinski definition) is 7. The summed E-state index contributed by atoms with van der Waals surface area (Å²) in [6.45, 7) is 9.17. The second-order valence-corrected chi connectivity index (χ2v) is 20.9. The van der Waals surface area contributed by atoms with Crippen LogP contribution in [-0.2, 0) is 26.5 Å². The Balaban J connectivity index is 1.09. The first kappa shape index (κ1) is 36.8. The van der Waals surface area contributed by atoms with Gasteiger partial charge in [0.1, 0.15) is 11.3 Å². The van der Waals surface area contributed by atoms with Crippen LogP contribution in [0, 0.1) is 5.92 Å². The van der Waals surface area contributed by atoms with Gasteiger partial charge in [-0.2, -0.15) is 0 Å². The molecule has 4 heterocycles. The quantitative estimate of drug-likeness (QED) is 0.190. The van der Waals surface area contributed by atoms with Crippen molar-refractivity contribution in [2.75, 3.05) is 48.2 Å². The third-order valence-corrected chi connectivity index (χ3v) is 17.3. The van der Waals surface area contributed by atoms with E-state index in [1.165, 1.54) is 5.19 Å². The van der Waals surface area contributed by atoms with E-state index < -0.39 is 19.2 Å². The lowest BCUT2D eigenvalue weighted by Gasteiger charge is -2.39. The van der Waals surface area contributed by atoms with Gasteiger partial charge in [0.05, 0.1) is 40.2 Å². The first-order chi connectivity index (χ1) is 26.0. The highest BCUT2D eigenvalue weighted by atomic mass is 35.5. The maximum Gasteiger partial charge on any atom is 0.264 e. The molecule has 11 heteroatoms. The number of hydrogen-bond donors (Lipinski definition) is 2. The molecule has 2 amide bonds. The van der Waals surface area contributed by atoms with E-state index in [2.05, 4.69) is 54.5 Å². The Morgan fingerprint density at radius 2 is 1.63 bits per heavy atom. The van der Waals surface area contributed by atoms with E-state index in [4.69, 9.17) is 21.1 Å². The number of benzene rings is 4. The number of para-hydroxylation sites is 1. The molecule has 4 aliphatic heterocycles. The van der Waals surface area contributed by atoms with Gasteiger partial charge in [-0.1, -0.05) is 79.3 Å². The molecular weight excluding hydrogens is 716 g/mol. The van der Waals surface area contributed by atoms with Crippen LogP contribution in [0.2, 0.25) is 23.7 Å². The van der Waals surface area contributed by atoms with Crippen LogP contribution in [0.15, 0.2) is 97.1 Å². The van der Waals surface area contributed by atoms with Gasteiger partial charge in [-0.05, 0) is 98.1 Å². The summed E-state index contributed by atoms with van der Waals surface area (Å²) in [5, 5.41) is 15.5. The number of nitrogens with one attached hydrogen (secondary N) is 1. The van der Waals surface area contributed by atoms with Gasteiger partial charge in [0.25, 0.3) is 11.8 Å². The van der Waals surface area contributed by atoms with Gasteiger partial charge in [0, 0.05) is 34.5 Å². The number of piperidine rings is 1. The molecule has 282 valence electrons. The van der Waals surface area contributed by atoms with Crippen molar-refractivity contribution < 1.29 is 24.2 Å². The molecule has 3 fully saturated rings. The topological polar surface area (TPSA) is 94.6 Å². The number of carbonyl (C=O) groups is 2. The molecule has 0 unspecified atom stereocenters. The Morgan fingerprint density at radius 1 is 0.926 bits per heavy atom. The van der Waals surface area contributed by atoms with E-state index in [1.807, 2.05) is 82.6 Å². The number of aliphatic hydroxyl groups excluding tert-OH is 1. The maximum atomic E-state index is 15.0. The monoisotopic (exact) mass is 764 g/mol. The lowest BCUT2D eigenvalue weighted by atomic mass is 9.82. The molecule has 54 heavy (non-hydrogen) atoms. The summed E-state index contributed by atoms with van der Waals surface area (Å²) in [5.74, 6) is 0.629. The zero-order valence-corrected chi connectivity index (χ0v) is 33.2. The molecule has 4 aliphatic rings. The van der Waals surface area contributed by atoms with Crippen LogP contribution >= 0.6 is 11.6 Å². The van der Waals surface area contributed by atoms with E-state index in [0.717, 1.165) is 59.9 Å². The van der Waals surface area contributed by atoms with Crippen LogP contribution in [0.25, 0.3) is 0 Å². The Kier molecular flexibility index (Phi) is 9.63. The number of carbonyl (C=O) groups excluding carboxylic acids is 2. The van der Waals surface area contributed by atoms with Crippen LogP contribution in [0.3, 0.4) is 0 Å². The second kappa shape index (κ2) is 14.1. The van der Waals surface area contributed by atoms with Crippen molar-refractivity contribution in [1.29, 1.82) is 0 Å². The smallest absolute Gasteiger partial charge is 0.264 e. The molecule has 0 aromatic heterocycles. The van der Waals surface area contributed by atoms with Gasteiger partial charge in [-0.3, -0.25) is 14.5 Å². The third kappa shape index (κ3) is 5.76. The van der Waals surface area contributed by atoms with Crippen LogP contribution < -0.4 is 29.9 Å². The molecule has 0 saturated carbocycles. The first-order valence-electron chi connectivity index (χ1n) is 19.0. The van der Waals surface area contributed by atoms with Crippen molar-refractivity contribution in [2.45, 2.75) is 68.6 Å². The van der Waals surface area contributed by atoms with Gasteiger partial charge >= 0.3 is 0 Å². The van der Waals surface area contributed by atoms with Crippen molar-refractivity contribution in [3.05, 3.63) is 113 Å². The minimum absolute atomic E-state index is 0.0322. The summed E-state index contributed by atoms with van der Waals surface area (Å²) in [4.78, 5) is 35.3. The lowest BCUT2D eigenvalue weighted by Crippen LogP contribution is -2.55. The molecule has 3 saturated heterocycles. The highest BCUT2D eigenvalue weighted by Crippen LogP contribution is 2.60. The van der Waals surface area contributed by atoms with Gasteiger partial charge in [0.2, 0.25) is 0 Å². The van der Waals surface area contributed by atoms with Gasteiger partial charge in [-0.15, -0.1) is 0 Å². The third-order valence-electron chi connectivity index (χ3n) is 12.7. The molecule has 9 nitrogen and oxygen atoms in total. The van der Waals surface area contributed by atoms with E-state index in [0.29, 0.717) is 24.7 Å². The molecule has 4 aromatic rings. The Morgan fingerprint density at radius 3 is 2.30 bits per heavy atom. The fourth-order valence-corrected chi connectivity index (χ4v) is 14.2. The summed E-state index contributed by atoms with van der Waals surface area (Å²) in [6.07, 6.45) is 1.61. The highest BCUT2D eigenvalue weighted by Gasteiger charge is 2.66. The predicted molar refractivity (Wildman–Crippen MR) is 216 cm³/mol. The molecule has 2 spiro atoms. The molecule has 0 radical (unpaired) electrons. The standard InChI is InChI=1S/C43H49ClN4O5Si/c1-29-39(54(3,4)35-17-15-34(52-2)16-18-35)38(20-25-49)53-43(29)36-26-31(44)12-19-37(36)46(41(43)51)27-30-10-13-32(14-11-30)47-28-48(33-8-6-5-7-9-33)42(40(47)50)21-23-45-24-22-42/h5-19,26,29,38-39,45,49H,20-25,27-28H2,1-4H3/t29-,38+,39-,43+/m1/s1. The molecule has 4 aromatic carbocycles. The molecular formula is C43H49ClN4O5Si. The summed E-state index contributed by atoms with van der Waals surface area (Å²) < 4.78 is 12.5. The number of methoxy groups -OCH3 is 1. The number of anilines is 3. The maximum absolute atomic E-state index is 15.0. The van der Waals surface area contributed by atoms with Gasteiger partial charge < -0.3 is 29.7 Å². The first-order valence-corrected chi connectivity index (χ1v) is 22.5. The van der Waals surface area contributed by atoms with E-state index in [9.17, 15) is 9.90 Å². The summed E-state index contributed by atoms with van der Waals surface area (Å²) >= 11 is 6.66. The fourth-order valence-electron chi connectivity index (χ4n) is 9.97. The van der Waals surface area contributed by atoms with Crippen molar-refractivity contribution >= 4 is 53.7 Å². The SMILES string of the molecule is COc1ccc([Si](C)(C)[C@H]2[C@H](CCO)O[C@@]3(C(=O)N(Cc4ccc(N5CN(c6ccccc6)C6(CCNCC6)C5=O)cc4)c4ccc(Cl)cc43)[C@@H]2C)cc1. The number of ether oxygens (including phenoxy) is 2. The Hall–Kier alpha value is -4.19. The molecule has 0 bridgehead atoms. The number of aliphatic hydroxyl groups is 1. The van der Waals surface area contributed by atoms with Crippen LogP contribution in [0.1, 0.15) is 37.3 Å². The predicted octanol–water partition coefficient (Wildman–Crippen LogP) is 6.43. The zero-order valence-electron chi connectivity index (χ0n) is 31.4. The van der Waals surface area contributed by atoms with Crippen molar-refractivity contribution in [3.8, 4) is 5.75 Å². The molecule has 8 rings (SSSR count). The summed E-state index contributed by atoms with van der Waals surface area (Å²) in [6, 6.07) is 32.2. The minimum atomic E-state index is -2.30. The Bertz CT molecular complexity index is 2020. The zero-order chi connectivity index (χ0) is 37.8. The number of halogens is 1. The number of rotatable bonds is 9. The van der Waals surface area contributed by atoms with Crippen LogP contribution in [0.4, 0.5) is 17.1 Å². The van der Waals surface area contributed by atoms with Crippen molar-refractivity contribution in [2.24, 2.45) is 5.92 Å². The van der Waals surface area contributed by atoms with Crippen molar-refractivity contribution in [1.82, 2.24) is 5.32 Å². The normalized spacial score (nSPS) is 24.9. The van der Waals surface area contributed by atoms with E-state index >= 15 is 4.79 Å². The lowest BCUT2D eigenvalue weighted by molar-refractivity contribution is -0.146. The minimum Gasteiger partial charge on any atom is -0.497 e. The fraction of sp³-hybridized carbons (Fsp3) is 0.395. The summed E-state index contributed by atoms with van der Waals surface area (Å²) in [7, 11) is -0.636. The van der Waals surface area contributed by atoms with Crippen LogP contribution in [-0.4, -0.2) is 70.1 Å². The second-order valence-electron chi connectivity index (χ2n) is 15.8. The average molecular weight is 765 g/mol. The van der Waals surface area contributed by atoms with Crippen molar-refractivity contribution in [3.63, 3.8) is 0 Å². The average Bonchev–Trinajstić information content (AvgIpc) is 3.73.